The molecule has 20 heavy (non-hydrogen) atoms. The SMILES string of the molecule is S=C(NCc1ccccc1)NN=Cc1ccccc1Br. The van der Waals surface area contributed by atoms with Crippen LogP contribution in [0.5, 0.6) is 0 Å². The lowest BCUT2D eigenvalue weighted by atomic mass is 10.2. The summed E-state index contributed by atoms with van der Waals surface area (Å²) in [5.41, 5.74) is 4.96. The van der Waals surface area contributed by atoms with Crippen molar-refractivity contribution in [1.29, 1.82) is 0 Å². The van der Waals surface area contributed by atoms with Gasteiger partial charge in [-0.15, -0.1) is 0 Å². The van der Waals surface area contributed by atoms with E-state index >= 15 is 0 Å². The second kappa shape index (κ2) is 7.77. The smallest absolute Gasteiger partial charge is 0.187 e. The van der Waals surface area contributed by atoms with Crippen LogP contribution in [-0.4, -0.2) is 11.3 Å². The molecule has 0 radical (unpaired) electrons. The van der Waals surface area contributed by atoms with Gasteiger partial charge in [-0.25, -0.2) is 0 Å². The largest absolute Gasteiger partial charge is 0.357 e. The average Bonchev–Trinajstić information content (AvgIpc) is 2.48. The maximum absolute atomic E-state index is 5.15. The number of hydrogen-bond acceptors (Lipinski definition) is 2. The highest BCUT2D eigenvalue weighted by atomic mass is 79.9. The molecule has 0 fully saturated rings. The molecule has 0 aliphatic carbocycles. The number of thiocarbonyl (C=S) groups is 1. The molecule has 2 aromatic carbocycles. The van der Waals surface area contributed by atoms with Crippen LogP contribution in [0.15, 0.2) is 64.2 Å². The molecule has 2 rings (SSSR count). The summed E-state index contributed by atoms with van der Waals surface area (Å²) in [6, 6.07) is 17.9. The van der Waals surface area contributed by atoms with Crippen molar-refractivity contribution < 1.29 is 0 Å². The summed E-state index contributed by atoms with van der Waals surface area (Å²) in [6.45, 7) is 0.678. The van der Waals surface area contributed by atoms with Gasteiger partial charge in [0.25, 0.3) is 0 Å². The number of hydrogen-bond donors (Lipinski definition) is 2. The highest BCUT2D eigenvalue weighted by molar-refractivity contribution is 9.10. The van der Waals surface area contributed by atoms with Crippen LogP contribution in [0.2, 0.25) is 0 Å². The molecule has 0 unspecified atom stereocenters. The van der Waals surface area contributed by atoms with Crippen molar-refractivity contribution in [2.75, 3.05) is 0 Å². The van der Waals surface area contributed by atoms with E-state index in [2.05, 4.69) is 31.8 Å². The third kappa shape index (κ3) is 4.75. The lowest BCUT2D eigenvalue weighted by Crippen LogP contribution is -2.31. The van der Waals surface area contributed by atoms with Gasteiger partial charge in [0, 0.05) is 16.6 Å². The van der Waals surface area contributed by atoms with E-state index in [1.54, 1.807) is 6.21 Å². The minimum atomic E-state index is 0.497. The summed E-state index contributed by atoms with van der Waals surface area (Å²) in [6.07, 6.45) is 1.72. The number of halogens is 1. The third-order valence-electron chi connectivity index (χ3n) is 2.57. The summed E-state index contributed by atoms with van der Waals surface area (Å²) in [7, 11) is 0. The van der Waals surface area contributed by atoms with Gasteiger partial charge in [0.15, 0.2) is 5.11 Å². The molecule has 102 valence electrons. The van der Waals surface area contributed by atoms with E-state index in [1.165, 1.54) is 5.56 Å². The Hall–Kier alpha value is -1.72. The Bertz CT molecular complexity index is 599. The number of benzene rings is 2. The lowest BCUT2D eigenvalue weighted by molar-refractivity contribution is 0.869. The minimum absolute atomic E-state index is 0.497. The second-order valence-corrected chi connectivity index (χ2v) is 5.32. The summed E-state index contributed by atoms with van der Waals surface area (Å²) in [5.74, 6) is 0. The Balaban J connectivity index is 1.79. The fourth-order valence-electron chi connectivity index (χ4n) is 1.56. The van der Waals surface area contributed by atoms with Crippen molar-refractivity contribution >= 4 is 39.5 Å². The number of hydrazone groups is 1. The van der Waals surface area contributed by atoms with Crippen LogP contribution in [-0.2, 0) is 6.54 Å². The quantitative estimate of drug-likeness (QED) is 0.505. The molecule has 2 aromatic rings. The lowest BCUT2D eigenvalue weighted by Gasteiger charge is -2.06. The third-order valence-corrected chi connectivity index (χ3v) is 3.53. The highest BCUT2D eigenvalue weighted by Crippen LogP contribution is 2.13. The predicted octanol–water partition coefficient (Wildman–Crippen LogP) is 3.45. The molecule has 0 bridgehead atoms. The second-order valence-electron chi connectivity index (χ2n) is 4.06. The van der Waals surface area contributed by atoms with Crippen LogP contribution in [0.3, 0.4) is 0 Å². The predicted molar refractivity (Wildman–Crippen MR) is 90.8 cm³/mol. The zero-order valence-electron chi connectivity index (χ0n) is 10.7. The van der Waals surface area contributed by atoms with E-state index in [1.807, 2.05) is 54.6 Å². The number of rotatable bonds is 4. The van der Waals surface area contributed by atoms with Crippen molar-refractivity contribution in [3.05, 3.63) is 70.2 Å². The monoisotopic (exact) mass is 347 g/mol. The van der Waals surface area contributed by atoms with Crippen LogP contribution < -0.4 is 10.7 Å². The van der Waals surface area contributed by atoms with Gasteiger partial charge in [0.1, 0.15) is 0 Å². The maximum Gasteiger partial charge on any atom is 0.187 e. The average molecular weight is 348 g/mol. The Labute approximate surface area is 132 Å². The van der Waals surface area contributed by atoms with Crippen molar-refractivity contribution in [1.82, 2.24) is 10.7 Å². The molecule has 3 nitrogen and oxygen atoms in total. The molecule has 0 saturated carbocycles. The van der Waals surface area contributed by atoms with Crippen molar-refractivity contribution in [2.24, 2.45) is 5.10 Å². The van der Waals surface area contributed by atoms with Crippen LogP contribution in [0, 0.1) is 0 Å². The van der Waals surface area contributed by atoms with Crippen molar-refractivity contribution in [3.63, 3.8) is 0 Å². The van der Waals surface area contributed by atoms with E-state index in [9.17, 15) is 0 Å². The fraction of sp³-hybridized carbons (Fsp3) is 0.0667. The first-order valence-corrected chi connectivity index (χ1v) is 7.31. The Kier molecular flexibility index (Phi) is 5.70. The van der Waals surface area contributed by atoms with E-state index in [-0.39, 0.29) is 0 Å². The molecule has 0 atom stereocenters. The summed E-state index contributed by atoms with van der Waals surface area (Å²) in [5, 5.41) is 7.70. The fourth-order valence-corrected chi connectivity index (χ4v) is 2.07. The van der Waals surface area contributed by atoms with Gasteiger partial charge in [-0.1, -0.05) is 64.5 Å². The first-order chi connectivity index (χ1) is 9.75. The van der Waals surface area contributed by atoms with Crippen molar-refractivity contribution in [3.8, 4) is 0 Å². The molecule has 0 aliphatic heterocycles. The number of nitrogens with one attached hydrogen (secondary N) is 2. The zero-order valence-corrected chi connectivity index (χ0v) is 13.1. The molecule has 2 N–H and O–H groups in total. The van der Waals surface area contributed by atoms with E-state index < -0.39 is 0 Å². The van der Waals surface area contributed by atoms with E-state index in [0.717, 1.165) is 10.0 Å². The van der Waals surface area contributed by atoms with E-state index in [0.29, 0.717) is 11.7 Å². The molecular formula is C15H14BrN3S. The molecule has 0 aliphatic rings. The van der Waals surface area contributed by atoms with Gasteiger partial charge in [-0.05, 0) is 23.8 Å². The molecular weight excluding hydrogens is 334 g/mol. The Morgan fingerprint density at radius 2 is 1.80 bits per heavy atom. The molecule has 5 heteroatoms. The van der Waals surface area contributed by atoms with Crippen molar-refractivity contribution in [2.45, 2.75) is 6.54 Å². The molecule has 0 spiro atoms. The van der Waals surface area contributed by atoms with E-state index in [4.69, 9.17) is 12.2 Å². The summed E-state index contributed by atoms with van der Waals surface area (Å²) >= 11 is 8.61. The van der Waals surface area contributed by atoms with Gasteiger partial charge in [0.2, 0.25) is 0 Å². The van der Waals surface area contributed by atoms with Crippen LogP contribution in [0.1, 0.15) is 11.1 Å². The molecule has 0 aromatic heterocycles. The maximum atomic E-state index is 5.15. The van der Waals surface area contributed by atoms with Gasteiger partial charge in [0.05, 0.1) is 6.21 Å². The van der Waals surface area contributed by atoms with Crippen LogP contribution >= 0.6 is 28.1 Å². The molecule has 0 amide bonds. The van der Waals surface area contributed by atoms with Crippen LogP contribution in [0.25, 0.3) is 0 Å². The van der Waals surface area contributed by atoms with Gasteiger partial charge in [-0.3, -0.25) is 5.43 Å². The minimum Gasteiger partial charge on any atom is -0.357 e. The first kappa shape index (κ1) is 14.7. The van der Waals surface area contributed by atoms with Gasteiger partial charge >= 0.3 is 0 Å². The zero-order chi connectivity index (χ0) is 14.2. The number of nitrogens with zero attached hydrogens (tertiary/aromatic N) is 1. The molecule has 0 saturated heterocycles. The Morgan fingerprint density at radius 1 is 1.10 bits per heavy atom. The normalized spacial score (nSPS) is 10.4. The standard InChI is InChI=1S/C15H14BrN3S/c16-14-9-5-4-8-13(14)11-18-19-15(20)17-10-12-6-2-1-3-7-12/h1-9,11H,10H2,(H2,17,19,20). The van der Waals surface area contributed by atoms with Crippen LogP contribution in [0.4, 0.5) is 0 Å². The highest BCUT2D eigenvalue weighted by Gasteiger charge is 1.96. The van der Waals surface area contributed by atoms with Gasteiger partial charge < -0.3 is 5.32 Å². The Morgan fingerprint density at radius 3 is 2.55 bits per heavy atom. The first-order valence-electron chi connectivity index (χ1n) is 6.11. The summed E-state index contributed by atoms with van der Waals surface area (Å²) < 4.78 is 0.994. The topological polar surface area (TPSA) is 36.4 Å². The molecule has 0 heterocycles. The van der Waals surface area contributed by atoms with Gasteiger partial charge in [-0.2, -0.15) is 5.10 Å². The summed E-state index contributed by atoms with van der Waals surface area (Å²) in [4.78, 5) is 0.